The van der Waals surface area contributed by atoms with Crippen molar-refractivity contribution in [2.24, 2.45) is 0 Å². The quantitative estimate of drug-likeness (QED) is 0.280. The van der Waals surface area contributed by atoms with Gasteiger partial charge in [-0.05, 0) is 68.0 Å². The number of sulfonamides is 1. The summed E-state index contributed by atoms with van der Waals surface area (Å²) in [5, 5.41) is 18.0. The Labute approximate surface area is 231 Å². The van der Waals surface area contributed by atoms with Crippen LogP contribution in [0.25, 0.3) is 0 Å². The third kappa shape index (κ3) is 7.95. The molecule has 2 aromatic heterocycles. The van der Waals surface area contributed by atoms with Gasteiger partial charge in [-0.3, -0.25) is 9.62 Å². The van der Waals surface area contributed by atoms with Crippen LogP contribution in [-0.4, -0.2) is 58.3 Å². The Morgan fingerprint density at radius 1 is 1.13 bits per heavy atom. The van der Waals surface area contributed by atoms with Crippen LogP contribution in [-0.2, 0) is 29.4 Å². The molecule has 10 nitrogen and oxygen atoms in total. The number of aryl methyl sites for hydroxylation is 2. The van der Waals surface area contributed by atoms with Crippen LogP contribution in [0.4, 0.5) is 17.5 Å². The van der Waals surface area contributed by atoms with Gasteiger partial charge in [0.1, 0.15) is 12.0 Å². The molecule has 4 N–H and O–H groups in total. The summed E-state index contributed by atoms with van der Waals surface area (Å²) in [4.78, 5) is 15.4. The molecule has 0 amide bonds. The van der Waals surface area contributed by atoms with Crippen LogP contribution in [0.3, 0.4) is 0 Å². The van der Waals surface area contributed by atoms with Gasteiger partial charge in [0.05, 0.1) is 11.9 Å². The maximum absolute atomic E-state index is 11.6. The minimum Gasteiger partial charge on any atom is -0.374 e. The zero-order valence-corrected chi connectivity index (χ0v) is 23.9. The first kappa shape index (κ1) is 28.9. The zero-order chi connectivity index (χ0) is 28.0. The topological polar surface area (TPSA) is 132 Å². The van der Waals surface area contributed by atoms with Gasteiger partial charge in [-0.15, -0.1) is 0 Å². The average Bonchev–Trinajstić information content (AvgIpc) is 2.91. The number of hydrogen-bond donors (Lipinski definition) is 4. The molecule has 1 saturated heterocycles. The summed E-state index contributed by atoms with van der Waals surface area (Å²) in [6.07, 6.45) is 7.20. The summed E-state index contributed by atoms with van der Waals surface area (Å²) in [6, 6.07) is 12.0. The molecule has 1 aliphatic heterocycles. The molecule has 0 bridgehead atoms. The third-order valence-corrected chi connectivity index (χ3v) is 7.71. The molecule has 11 heteroatoms. The first-order chi connectivity index (χ1) is 18.6. The van der Waals surface area contributed by atoms with E-state index in [1.807, 2.05) is 23.2 Å². The lowest BCUT2D eigenvalue weighted by Gasteiger charge is -2.40. The highest BCUT2D eigenvalue weighted by molar-refractivity contribution is 7.92. The third-order valence-electron chi connectivity index (χ3n) is 7.13. The van der Waals surface area contributed by atoms with Gasteiger partial charge in [-0.1, -0.05) is 26.0 Å². The van der Waals surface area contributed by atoms with Crippen LogP contribution >= 0.6 is 0 Å². The van der Waals surface area contributed by atoms with Crippen LogP contribution in [0.15, 0.2) is 48.8 Å². The van der Waals surface area contributed by atoms with Crippen molar-refractivity contribution in [3.63, 3.8) is 0 Å². The number of anilines is 3. The molecule has 4 rings (SSSR count). The highest BCUT2D eigenvalue weighted by atomic mass is 32.2. The van der Waals surface area contributed by atoms with Gasteiger partial charge < -0.3 is 15.7 Å². The van der Waals surface area contributed by atoms with Gasteiger partial charge in [0, 0.05) is 48.8 Å². The van der Waals surface area contributed by atoms with E-state index in [4.69, 9.17) is 4.98 Å². The molecule has 39 heavy (non-hydrogen) atoms. The molecular weight excluding hydrogens is 514 g/mol. The Bertz CT molecular complexity index is 1350. The summed E-state index contributed by atoms with van der Waals surface area (Å²) >= 11 is 0. The van der Waals surface area contributed by atoms with Gasteiger partial charge in [-0.2, -0.15) is 0 Å². The van der Waals surface area contributed by atoms with Crippen molar-refractivity contribution in [1.82, 2.24) is 25.2 Å². The van der Waals surface area contributed by atoms with Gasteiger partial charge in [0.15, 0.2) is 0 Å². The van der Waals surface area contributed by atoms with E-state index in [-0.39, 0.29) is 17.9 Å². The fourth-order valence-electron chi connectivity index (χ4n) is 4.93. The fourth-order valence-corrected chi connectivity index (χ4v) is 5.42. The molecule has 0 aliphatic carbocycles. The Balaban J connectivity index is 1.35. The van der Waals surface area contributed by atoms with E-state index < -0.39 is 16.3 Å². The van der Waals surface area contributed by atoms with Crippen molar-refractivity contribution >= 4 is 27.5 Å². The number of aromatic nitrogens is 3. The van der Waals surface area contributed by atoms with Crippen LogP contribution in [0.2, 0.25) is 0 Å². The van der Waals surface area contributed by atoms with Crippen molar-refractivity contribution in [2.45, 2.75) is 71.3 Å². The second-order valence-corrected chi connectivity index (χ2v) is 11.9. The summed E-state index contributed by atoms with van der Waals surface area (Å²) < 4.78 is 25.5. The Hall–Kier alpha value is -3.12. The molecule has 3 heterocycles. The van der Waals surface area contributed by atoms with Gasteiger partial charge in [0.2, 0.25) is 16.0 Å². The lowest BCUT2D eigenvalue weighted by Crippen LogP contribution is -2.48. The molecule has 1 unspecified atom stereocenters. The Kier molecular flexibility index (Phi) is 9.49. The molecule has 1 fully saturated rings. The van der Waals surface area contributed by atoms with Crippen LogP contribution in [0.5, 0.6) is 0 Å². The average molecular weight is 554 g/mol. The maximum Gasteiger partial charge on any atom is 0.230 e. The molecular formula is C28H39N7O3S. The van der Waals surface area contributed by atoms with Crippen LogP contribution in [0.1, 0.15) is 62.2 Å². The van der Waals surface area contributed by atoms with E-state index in [1.165, 1.54) is 11.8 Å². The number of aliphatic hydroxyl groups excluding tert-OH is 1. The van der Waals surface area contributed by atoms with E-state index in [0.717, 1.165) is 48.9 Å². The van der Waals surface area contributed by atoms with Crippen molar-refractivity contribution in [1.29, 1.82) is 0 Å². The van der Waals surface area contributed by atoms with E-state index >= 15 is 0 Å². The fraction of sp³-hybridized carbons (Fsp3) is 0.464. The van der Waals surface area contributed by atoms with E-state index in [9.17, 15) is 13.5 Å². The van der Waals surface area contributed by atoms with Crippen LogP contribution < -0.4 is 15.4 Å². The number of hydrogen-bond acceptors (Lipinski definition) is 9. The predicted octanol–water partition coefficient (Wildman–Crippen LogP) is 3.75. The standard InChI is InChI=1S/C28H39N7O3S/c1-5-20-7-9-23(10-8-20)32-28-31-17-21(6-2)25(33-28)18-30-24-12-14-35(19(3)15-24)27(36)22-11-13-29-26(16-22)34-39(4,37)38/h7-11,13,16-17,19,24,27,30,36H,5-6,12,14-15,18H2,1-4H3,(H,29,34)(H,31,32,33)/t19-,24+,27?/m1/s1. The highest BCUT2D eigenvalue weighted by Crippen LogP contribution is 2.28. The molecule has 0 radical (unpaired) electrons. The molecule has 0 spiro atoms. The first-order valence-corrected chi connectivity index (χ1v) is 15.4. The van der Waals surface area contributed by atoms with E-state index in [1.54, 1.807) is 12.1 Å². The van der Waals surface area contributed by atoms with Crippen LogP contribution in [0, 0.1) is 0 Å². The molecule has 3 atom stereocenters. The summed E-state index contributed by atoms with van der Waals surface area (Å²) in [6.45, 7) is 7.68. The number of pyridine rings is 1. The number of likely N-dealkylation sites (tertiary alicyclic amines) is 1. The SMILES string of the molecule is CCc1ccc(Nc2ncc(CC)c(CN[C@H]3CCN(C(O)c4ccnc(NS(C)(=O)=O)c4)[C@H](C)C3)n2)cc1. The second kappa shape index (κ2) is 12.8. The lowest BCUT2D eigenvalue weighted by molar-refractivity contribution is -0.0437. The van der Waals surface area contributed by atoms with Crippen molar-refractivity contribution in [3.8, 4) is 0 Å². The summed E-state index contributed by atoms with van der Waals surface area (Å²) in [7, 11) is -3.45. The van der Waals surface area contributed by atoms with E-state index in [0.29, 0.717) is 24.6 Å². The lowest BCUT2D eigenvalue weighted by atomic mass is 9.96. The Morgan fingerprint density at radius 2 is 1.90 bits per heavy atom. The number of aliphatic hydroxyl groups is 1. The second-order valence-electron chi connectivity index (χ2n) is 10.1. The summed E-state index contributed by atoms with van der Waals surface area (Å²) in [5.74, 6) is 0.781. The maximum atomic E-state index is 11.6. The summed E-state index contributed by atoms with van der Waals surface area (Å²) in [5.41, 5.74) is 4.95. The highest BCUT2D eigenvalue weighted by Gasteiger charge is 2.30. The number of nitrogens with one attached hydrogen (secondary N) is 3. The van der Waals surface area contributed by atoms with Gasteiger partial charge in [0.25, 0.3) is 0 Å². The van der Waals surface area contributed by atoms with Gasteiger partial charge in [-0.25, -0.2) is 23.4 Å². The normalized spacial score (nSPS) is 19.0. The monoisotopic (exact) mass is 553 g/mol. The first-order valence-electron chi connectivity index (χ1n) is 13.5. The molecule has 210 valence electrons. The number of nitrogens with zero attached hydrogens (tertiary/aromatic N) is 4. The minimum atomic E-state index is -3.45. The molecule has 1 aromatic carbocycles. The largest absolute Gasteiger partial charge is 0.374 e. The predicted molar refractivity (Wildman–Crippen MR) is 154 cm³/mol. The minimum absolute atomic E-state index is 0.116. The molecule has 1 aliphatic rings. The number of piperidine rings is 1. The number of rotatable bonds is 11. The number of benzene rings is 1. The van der Waals surface area contributed by atoms with E-state index in [2.05, 4.69) is 58.2 Å². The Morgan fingerprint density at radius 3 is 2.56 bits per heavy atom. The zero-order valence-electron chi connectivity index (χ0n) is 23.1. The van der Waals surface area contributed by atoms with Crippen molar-refractivity contribution in [3.05, 3.63) is 71.2 Å². The van der Waals surface area contributed by atoms with Crippen molar-refractivity contribution < 1.29 is 13.5 Å². The van der Waals surface area contributed by atoms with Gasteiger partial charge >= 0.3 is 0 Å². The molecule has 3 aromatic rings. The smallest absolute Gasteiger partial charge is 0.230 e. The molecule has 0 saturated carbocycles. The van der Waals surface area contributed by atoms with Crippen molar-refractivity contribution in [2.75, 3.05) is 22.8 Å².